The van der Waals surface area contributed by atoms with Crippen LogP contribution in [0.5, 0.6) is 11.5 Å². The Balaban J connectivity index is 1.07. The van der Waals surface area contributed by atoms with Gasteiger partial charge >= 0.3 is 5.97 Å². The molecule has 5 rings (SSSR count). The van der Waals surface area contributed by atoms with Crippen LogP contribution >= 0.6 is 0 Å². The van der Waals surface area contributed by atoms with Crippen molar-refractivity contribution in [1.29, 1.82) is 0 Å². The maximum Gasteiger partial charge on any atom is 0.343 e. The number of rotatable bonds is 16. The minimum absolute atomic E-state index is 0.202. The molecule has 2 aliphatic rings. The fourth-order valence-corrected chi connectivity index (χ4v) is 5.86. The largest absolute Gasteiger partial charge is 0.494 e. The number of carbonyl (C=O) groups excluding carboxylic acids is 1. The minimum atomic E-state index is -0.320. The zero-order valence-corrected chi connectivity index (χ0v) is 25.6. The molecule has 0 bridgehead atoms. The van der Waals surface area contributed by atoms with E-state index < -0.39 is 0 Å². The standard InChI is InChI=1S/C37H46O5/c1-4-5-8-11-28-12-14-29(15-13-28)36(38)42-31-17-19-33-32-18-16-30(22-34(32)27(2)35(33)23-31)41-21-10-7-6-9-20-39-24-37(3)25-40-26-37/h12-19,22-23,27H,4-11,20-21,24-26H2,1-3H3. The van der Waals surface area contributed by atoms with E-state index in [0.717, 1.165) is 70.9 Å². The Hall–Kier alpha value is -3.15. The summed E-state index contributed by atoms with van der Waals surface area (Å²) in [6.45, 7) is 10.6. The van der Waals surface area contributed by atoms with E-state index in [4.69, 9.17) is 18.9 Å². The number of ether oxygens (including phenoxy) is 4. The Labute approximate surface area is 251 Å². The molecule has 1 aliphatic heterocycles. The SMILES string of the molecule is CCCCCc1ccc(C(=O)Oc2ccc3c(c2)C(C)c2cc(OCCCCCCOCC4(C)COC4)ccc2-3)cc1. The number of esters is 1. The molecule has 0 spiro atoms. The van der Waals surface area contributed by atoms with Crippen LogP contribution in [0.25, 0.3) is 11.1 Å². The van der Waals surface area contributed by atoms with E-state index in [9.17, 15) is 4.79 Å². The molecule has 0 saturated carbocycles. The van der Waals surface area contributed by atoms with Crippen LogP contribution in [0.3, 0.4) is 0 Å². The lowest BCUT2D eigenvalue weighted by Gasteiger charge is -2.37. The van der Waals surface area contributed by atoms with Gasteiger partial charge in [-0.25, -0.2) is 4.79 Å². The lowest BCUT2D eigenvalue weighted by atomic mass is 9.90. The number of carbonyl (C=O) groups is 1. The van der Waals surface area contributed by atoms with E-state index in [1.807, 2.05) is 36.4 Å². The zero-order valence-electron chi connectivity index (χ0n) is 25.6. The van der Waals surface area contributed by atoms with Crippen LogP contribution in [0.2, 0.25) is 0 Å². The lowest BCUT2D eigenvalue weighted by molar-refractivity contribution is -0.137. The predicted octanol–water partition coefficient (Wildman–Crippen LogP) is 8.76. The van der Waals surface area contributed by atoms with Crippen LogP contribution in [-0.4, -0.2) is 39.0 Å². The second-order valence-corrected chi connectivity index (χ2v) is 12.4. The normalized spacial score (nSPS) is 16.4. The summed E-state index contributed by atoms with van der Waals surface area (Å²) in [5.74, 6) is 1.38. The topological polar surface area (TPSA) is 54.0 Å². The minimum Gasteiger partial charge on any atom is -0.494 e. The van der Waals surface area contributed by atoms with Gasteiger partial charge < -0.3 is 18.9 Å². The van der Waals surface area contributed by atoms with Crippen molar-refractivity contribution in [2.75, 3.05) is 33.0 Å². The number of aryl methyl sites for hydroxylation is 1. The van der Waals surface area contributed by atoms with Gasteiger partial charge in [0.25, 0.3) is 0 Å². The molecular weight excluding hydrogens is 524 g/mol. The van der Waals surface area contributed by atoms with E-state index >= 15 is 0 Å². The van der Waals surface area contributed by atoms with E-state index in [2.05, 4.69) is 45.0 Å². The average molecular weight is 571 g/mol. The van der Waals surface area contributed by atoms with Crippen LogP contribution in [0.15, 0.2) is 60.7 Å². The molecule has 1 heterocycles. The maximum absolute atomic E-state index is 12.8. The van der Waals surface area contributed by atoms with Gasteiger partial charge in [-0.15, -0.1) is 0 Å². The van der Waals surface area contributed by atoms with Crippen LogP contribution < -0.4 is 9.47 Å². The molecule has 0 amide bonds. The van der Waals surface area contributed by atoms with Crippen LogP contribution in [-0.2, 0) is 15.9 Å². The van der Waals surface area contributed by atoms with Crippen molar-refractivity contribution in [1.82, 2.24) is 0 Å². The summed E-state index contributed by atoms with van der Waals surface area (Å²) >= 11 is 0. The van der Waals surface area contributed by atoms with Gasteiger partial charge in [0.1, 0.15) is 11.5 Å². The third kappa shape index (κ3) is 7.62. The van der Waals surface area contributed by atoms with E-state index in [0.29, 0.717) is 11.3 Å². The van der Waals surface area contributed by atoms with E-state index in [-0.39, 0.29) is 17.3 Å². The second-order valence-electron chi connectivity index (χ2n) is 12.4. The van der Waals surface area contributed by atoms with Gasteiger partial charge in [-0.05, 0) is 96.3 Å². The molecule has 0 radical (unpaired) electrons. The van der Waals surface area contributed by atoms with Gasteiger partial charge in [0.15, 0.2) is 0 Å². The molecule has 0 aromatic heterocycles. The Kier molecular flexibility index (Phi) is 10.4. The molecule has 224 valence electrons. The first-order valence-electron chi connectivity index (χ1n) is 15.8. The van der Waals surface area contributed by atoms with Crippen molar-refractivity contribution < 1.29 is 23.7 Å². The number of hydrogen-bond acceptors (Lipinski definition) is 5. The van der Waals surface area contributed by atoms with Crippen molar-refractivity contribution in [3.05, 3.63) is 82.9 Å². The highest BCUT2D eigenvalue weighted by atomic mass is 16.5. The molecule has 1 atom stereocenters. The Morgan fingerprint density at radius 1 is 0.833 bits per heavy atom. The first-order chi connectivity index (χ1) is 20.5. The van der Waals surface area contributed by atoms with Crippen molar-refractivity contribution in [2.24, 2.45) is 5.41 Å². The van der Waals surface area contributed by atoms with Crippen molar-refractivity contribution in [2.45, 2.75) is 78.1 Å². The summed E-state index contributed by atoms with van der Waals surface area (Å²) in [6.07, 6.45) is 9.08. The van der Waals surface area contributed by atoms with Gasteiger partial charge in [-0.3, -0.25) is 0 Å². The van der Waals surface area contributed by atoms with Gasteiger partial charge in [-0.2, -0.15) is 0 Å². The molecule has 5 nitrogen and oxygen atoms in total. The highest BCUT2D eigenvalue weighted by Gasteiger charge is 2.33. The highest BCUT2D eigenvalue weighted by molar-refractivity contribution is 5.91. The summed E-state index contributed by atoms with van der Waals surface area (Å²) in [4.78, 5) is 12.8. The van der Waals surface area contributed by atoms with Gasteiger partial charge in [0.2, 0.25) is 0 Å². The molecule has 1 aliphatic carbocycles. The summed E-state index contributed by atoms with van der Waals surface area (Å²) in [7, 11) is 0. The molecule has 42 heavy (non-hydrogen) atoms. The number of unbranched alkanes of at least 4 members (excludes halogenated alkanes) is 5. The summed E-state index contributed by atoms with van der Waals surface area (Å²) in [6, 6.07) is 20.2. The molecule has 3 aromatic carbocycles. The Bertz CT molecular complexity index is 1320. The quantitative estimate of drug-likeness (QED) is 0.0979. The van der Waals surface area contributed by atoms with Crippen molar-refractivity contribution >= 4 is 5.97 Å². The fraction of sp³-hybridized carbons (Fsp3) is 0.486. The predicted molar refractivity (Wildman–Crippen MR) is 168 cm³/mol. The number of benzene rings is 3. The lowest BCUT2D eigenvalue weighted by Crippen LogP contribution is -2.43. The van der Waals surface area contributed by atoms with Crippen LogP contribution in [0.1, 0.15) is 98.7 Å². The van der Waals surface area contributed by atoms with Gasteiger partial charge in [0, 0.05) is 17.9 Å². The summed E-state index contributed by atoms with van der Waals surface area (Å²) in [5, 5.41) is 0. The van der Waals surface area contributed by atoms with E-state index in [1.165, 1.54) is 47.1 Å². The van der Waals surface area contributed by atoms with Crippen molar-refractivity contribution in [3.63, 3.8) is 0 Å². The zero-order chi connectivity index (χ0) is 29.4. The summed E-state index contributed by atoms with van der Waals surface area (Å²) in [5.41, 5.74) is 6.93. The summed E-state index contributed by atoms with van der Waals surface area (Å²) < 4.78 is 23.0. The monoisotopic (exact) mass is 570 g/mol. The second kappa shape index (κ2) is 14.3. The van der Waals surface area contributed by atoms with Gasteiger partial charge in [0.05, 0.1) is 32.0 Å². The molecule has 1 saturated heterocycles. The molecule has 1 unspecified atom stereocenters. The fourth-order valence-electron chi connectivity index (χ4n) is 5.86. The highest BCUT2D eigenvalue weighted by Crippen LogP contribution is 2.47. The van der Waals surface area contributed by atoms with Crippen LogP contribution in [0, 0.1) is 5.41 Å². The maximum atomic E-state index is 12.8. The van der Waals surface area contributed by atoms with Gasteiger partial charge in [-0.1, -0.05) is 64.3 Å². The van der Waals surface area contributed by atoms with Crippen molar-refractivity contribution in [3.8, 4) is 22.6 Å². The molecule has 3 aromatic rings. The van der Waals surface area contributed by atoms with E-state index in [1.54, 1.807) is 0 Å². The molecule has 5 heteroatoms. The Morgan fingerprint density at radius 2 is 1.50 bits per heavy atom. The molecule has 1 fully saturated rings. The average Bonchev–Trinajstić information content (AvgIpc) is 3.26. The third-order valence-electron chi connectivity index (χ3n) is 8.54. The Morgan fingerprint density at radius 3 is 2.17 bits per heavy atom. The first-order valence-corrected chi connectivity index (χ1v) is 15.8. The number of fused-ring (bicyclic) bond motifs is 3. The van der Waals surface area contributed by atoms with Crippen LogP contribution in [0.4, 0.5) is 0 Å². The first kappa shape index (κ1) is 30.3. The third-order valence-corrected chi connectivity index (χ3v) is 8.54. The number of hydrogen-bond donors (Lipinski definition) is 0. The molecule has 0 N–H and O–H groups in total. The smallest absolute Gasteiger partial charge is 0.343 e. The molecular formula is C37H46O5.